The molecule has 0 spiro atoms. The van der Waals surface area contributed by atoms with Crippen molar-refractivity contribution < 1.29 is 41.4 Å². The molecule has 0 aromatic rings. The standard InChI is InChI=1S/4FH.4H3N/h4*1H;4*1H3/i/hD16. The average molecular weight is 164 g/mol. The number of hydrogen-bond donors (Lipinski definition) is 4. The maximum absolute atomic E-state index is 5.88. The van der Waals surface area contributed by atoms with E-state index in [1.807, 2.05) is 0 Å². The summed E-state index contributed by atoms with van der Waals surface area (Å²) in [6.07, 6.45) is -8.00. The van der Waals surface area contributed by atoms with Crippen LogP contribution in [0.4, 0.5) is 0 Å². The second-order valence-corrected chi connectivity index (χ2v) is 0. The first-order valence-electron chi connectivity index (χ1n) is 7.16. The summed E-state index contributed by atoms with van der Waals surface area (Å²) in [4.78, 5) is 0. The average Bonchev–Trinajstić information content (AvgIpc) is 1.62. The molecule has 0 saturated carbocycles. The molecule has 0 aromatic carbocycles. The van der Waals surface area contributed by atoms with Gasteiger partial charge in [-0.1, -0.05) is 0 Å². The van der Waals surface area contributed by atoms with E-state index in [0.717, 1.165) is 0 Å². The van der Waals surface area contributed by atoms with Gasteiger partial charge in [-0.15, -0.1) is 0 Å². The van der Waals surface area contributed by atoms with E-state index in [2.05, 4.69) is 0 Å². The van der Waals surface area contributed by atoms with E-state index in [9.17, 15) is 0 Å². The highest BCUT2D eigenvalue weighted by molar-refractivity contribution is 2.14. The van der Waals surface area contributed by atoms with Gasteiger partial charge in [0.25, 0.3) is 0 Å². The SMILES string of the molecule is [2H][N+]([2H])([2H])[2H].[2H][N+]([2H])([2H])[2H].[2H][N+]([2H])([2H])[2H].[2H][N+]([2H])([2H])[2H].[F-].[F-].[F-].[F-]. The highest BCUT2D eigenvalue weighted by Crippen LogP contribution is -0.478. The van der Waals surface area contributed by atoms with Crippen LogP contribution in [0.15, 0.2) is 0 Å². The Morgan fingerprint density at radius 2 is 0.625 bits per heavy atom. The summed E-state index contributed by atoms with van der Waals surface area (Å²) in [5, 5.41) is 0. The molecule has 0 rings (SSSR count). The molecular formula is H16F4N4. The fraction of sp³-hybridized carbons (Fsp3) is 0. The number of halogens is 4. The Hall–Kier alpha value is -0.440. The van der Waals surface area contributed by atoms with Gasteiger partial charge >= 0.3 is 22.6 Å². The van der Waals surface area contributed by atoms with Gasteiger partial charge in [0, 0.05) is 0 Å². The predicted molar refractivity (Wildman–Crippen MR) is 23.9 cm³/mol. The van der Waals surface area contributed by atoms with Crippen molar-refractivity contribution in [2.75, 3.05) is 0 Å². The molecular weight excluding hydrogens is 132 g/mol. The predicted octanol–water partition coefficient (Wildman–Crippen LogP) is -10.5. The zero-order valence-corrected chi connectivity index (χ0v) is 3.30. The lowest BCUT2D eigenvalue weighted by Gasteiger charge is -1.00. The highest BCUT2D eigenvalue weighted by atomic mass is 19.0. The molecule has 0 aliphatic carbocycles. The maximum atomic E-state index is 5.88. The molecule has 4 nitrogen and oxygen atoms in total. The van der Waals surface area contributed by atoms with Crippen LogP contribution in [0.2, 0.25) is 22.6 Å². The third-order valence-electron chi connectivity index (χ3n) is 0. The fourth-order valence-electron chi connectivity index (χ4n) is 0. The summed E-state index contributed by atoms with van der Waals surface area (Å²) in [6, 6.07) is 0. The second-order valence-electron chi connectivity index (χ2n) is 0. The minimum absolute atomic E-state index is 0. The summed E-state index contributed by atoms with van der Waals surface area (Å²) in [7, 11) is 0. The molecule has 0 unspecified atom stereocenters. The normalized spacial score (nSPS) is 32.0. The highest BCUT2D eigenvalue weighted by Gasteiger charge is -0.366. The third-order valence-corrected chi connectivity index (χ3v) is 0. The first kappa shape index (κ1) is 1.34. The summed E-state index contributed by atoms with van der Waals surface area (Å²) in [5.41, 5.74) is 0. The monoisotopic (exact) mass is 164 g/mol. The molecule has 16 N–H and O–H groups in total. The van der Waals surface area contributed by atoms with Gasteiger partial charge in [0.15, 0.2) is 0 Å². The molecule has 8 heteroatoms. The van der Waals surface area contributed by atoms with E-state index in [-0.39, 0.29) is 18.8 Å². The van der Waals surface area contributed by atoms with Gasteiger partial charge in [0.2, 0.25) is 0 Å². The van der Waals surface area contributed by atoms with Crippen LogP contribution in [-0.4, -0.2) is 0 Å². The molecule has 0 aliphatic rings. The molecule has 0 saturated heterocycles. The molecule has 8 heavy (non-hydrogen) atoms. The van der Waals surface area contributed by atoms with Gasteiger partial charge in [-0.3, -0.25) is 0 Å². The van der Waals surface area contributed by atoms with Crippen LogP contribution < -0.4 is 43.3 Å². The summed E-state index contributed by atoms with van der Waals surface area (Å²) in [5.74, 6) is 0. The minimum atomic E-state index is -2.00. The zero-order valence-electron chi connectivity index (χ0n) is 19.3. The van der Waals surface area contributed by atoms with Crippen LogP contribution in [0.5, 0.6) is 0 Å². The van der Waals surface area contributed by atoms with Crippen molar-refractivity contribution >= 4 is 0 Å². The Morgan fingerprint density at radius 1 is 0.625 bits per heavy atom. The minimum Gasteiger partial charge on any atom is -1.00 e. The number of hydrogen-bond acceptors (Lipinski definition) is 0. The quantitative estimate of drug-likeness (QED) is 0.252. The van der Waals surface area contributed by atoms with Crippen molar-refractivity contribution in [3.63, 3.8) is 0 Å². The Balaban J connectivity index is -0.0000000225. The van der Waals surface area contributed by atoms with Gasteiger partial charge in [0.05, 0.1) is 0 Å². The molecule has 0 aromatic heterocycles. The first-order chi connectivity index (χ1) is 8.00. The largest absolute Gasteiger partial charge is 1.00 e. The van der Waals surface area contributed by atoms with Crippen molar-refractivity contribution in [1.82, 2.24) is 24.5 Å². The smallest absolute Gasteiger partial charge is 0.342 e. The summed E-state index contributed by atoms with van der Waals surface area (Å²) in [6.45, 7) is 0. The van der Waals surface area contributed by atoms with Gasteiger partial charge < -0.3 is 43.3 Å². The molecule has 0 heterocycles. The van der Waals surface area contributed by atoms with Crippen LogP contribution in [0.25, 0.3) is 0 Å². The van der Waals surface area contributed by atoms with E-state index < -0.39 is 24.5 Å². The van der Waals surface area contributed by atoms with Crippen LogP contribution in [0.1, 0.15) is 0 Å². The molecule has 0 bridgehead atoms. The van der Waals surface area contributed by atoms with E-state index in [1.54, 1.807) is 0 Å². The number of rotatable bonds is 0. The van der Waals surface area contributed by atoms with Crippen molar-refractivity contribution in [3.05, 3.63) is 0 Å². The topological polar surface area (TPSA) is 146 Å². The van der Waals surface area contributed by atoms with Gasteiger partial charge in [-0.2, -0.15) is 0 Å². The molecule has 0 amide bonds. The summed E-state index contributed by atoms with van der Waals surface area (Å²) < 4.78 is 94.0. The van der Waals surface area contributed by atoms with Gasteiger partial charge in [-0.05, 0) is 0 Å². The Morgan fingerprint density at radius 3 is 0.625 bits per heavy atom. The van der Waals surface area contributed by atoms with E-state index in [1.165, 1.54) is 0 Å². The van der Waals surface area contributed by atoms with E-state index >= 15 is 0 Å². The van der Waals surface area contributed by atoms with Crippen molar-refractivity contribution in [2.24, 2.45) is 0 Å². The maximum Gasteiger partial charge on any atom is 0.342 e. The zero-order chi connectivity index (χ0) is 18.0. The lowest BCUT2D eigenvalue weighted by molar-refractivity contribution is -0.00100. The van der Waals surface area contributed by atoms with Crippen molar-refractivity contribution in [2.45, 2.75) is 0 Å². The molecule has 0 radical (unpaired) electrons. The first-order valence-corrected chi connectivity index (χ1v) is 0. The fourth-order valence-corrected chi connectivity index (χ4v) is 0. The lowest BCUT2D eigenvalue weighted by Crippen LogP contribution is -3.00. The van der Waals surface area contributed by atoms with Crippen LogP contribution >= 0.6 is 0 Å². The van der Waals surface area contributed by atoms with Crippen LogP contribution in [-0.2, 0) is 0 Å². The van der Waals surface area contributed by atoms with Crippen LogP contribution in [0.3, 0.4) is 0 Å². The lowest BCUT2D eigenvalue weighted by atomic mass is 14.0. The Labute approximate surface area is 68.2 Å². The van der Waals surface area contributed by atoms with E-state index in [4.69, 9.17) is 22.6 Å². The molecule has 64 valence electrons. The Kier molecular flexibility index (Phi) is 176. The second kappa shape index (κ2) is 1050. The Bertz CT molecular complexity index is 140. The van der Waals surface area contributed by atoms with Gasteiger partial charge in [-0.25, -0.2) is 0 Å². The molecule has 0 fully saturated rings. The number of quaternary nitrogens is 4. The van der Waals surface area contributed by atoms with Crippen molar-refractivity contribution in [1.29, 1.82) is 0 Å². The third kappa shape index (κ3) is 597. The van der Waals surface area contributed by atoms with Gasteiger partial charge in [0.1, 0.15) is 0 Å². The summed E-state index contributed by atoms with van der Waals surface area (Å²) >= 11 is 0. The molecule has 0 aliphatic heterocycles. The van der Waals surface area contributed by atoms with Crippen LogP contribution in [0, 0.1) is 0 Å². The van der Waals surface area contributed by atoms with E-state index in [0.29, 0.717) is 0 Å². The molecule has 0 atom stereocenters. The van der Waals surface area contributed by atoms with Crippen molar-refractivity contribution in [3.8, 4) is 0 Å².